The fraction of sp³-hybridized carbons (Fsp3) is 0.143. The van der Waals surface area contributed by atoms with Gasteiger partial charge in [0.15, 0.2) is 0 Å². The highest BCUT2D eigenvalue weighted by Gasteiger charge is 2.04. The van der Waals surface area contributed by atoms with Crippen molar-refractivity contribution in [2.45, 2.75) is 13.0 Å². The molecule has 106 valence electrons. The maximum atomic E-state index is 11.8. The van der Waals surface area contributed by atoms with E-state index in [4.69, 9.17) is 5.26 Å². The van der Waals surface area contributed by atoms with Gasteiger partial charge < -0.3 is 9.88 Å². The van der Waals surface area contributed by atoms with Crippen LogP contribution in [0.1, 0.15) is 12.0 Å². The molecule has 0 fully saturated rings. The number of nitrogens with one attached hydrogen (secondary N) is 2. The molecule has 0 unspecified atom stereocenters. The van der Waals surface area contributed by atoms with E-state index in [1.165, 1.54) is 16.8 Å². The molecule has 2 N–H and O–H groups in total. The maximum absolute atomic E-state index is 11.8. The van der Waals surface area contributed by atoms with E-state index >= 15 is 0 Å². The van der Waals surface area contributed by atoms with Gasteiger partial charge in [0.25, 0.3) is 5.56 Å². The quantitative estimate of drug-likeness (QED) is 0.849. The van der Waals surface area contributed by atoms with E-state index in [0.717, 1.165) is 0 Å². The van der Waals surface area contributed by atoms with E-state index in [-0.39, 0.29) is 18.9 Å². The molecule has 2 rings (SSSR count). The van der Waals surface area contributed by atoms with E-state index in [9.17, 15) is 14.4 Å². The molecule has 0 aliphatic heterocycles. The first-order chi connectivity index (χ1) is 10.1. The predicted octanol–water partition coefficient (Wildman–Crippen LogP) is 0.437. The van der Waals surface area contributed by atoms with E-state index in [2.05, 4.69) is 10.3 Å². The lowest BCUT2D eigenvalue weighted by Gasteiger charge is -2.06. The molecule has 2 aromatic rings. The molecule has 0 aliphatic rings. The molecule has 0 aliphatic carbocycles. The number of aromatic amines is 1. The van der Waals surface area contributed by atoms with E-state index in [1.807, 2.05) is 6.07 Å². The summed E-state index contributed by atoms with van der Waals surface area (Å²) in [6.45, 7) is 0.152. The first kappa shape index (κ1) is 14.3. The second kappa shape index (κ2) is 6.34. The van der Waals surface area contributed by atoms with Crippen molar-refractivity contribution < 1.29 is 4.79 Å². The summed E-state index contributed by atoms with van der Waals surface area (Å²) in [5, 5.41) is 11.4. The number of aromatic nitrogens is 2. The van der Waals surface area contributed by atoms with Crippen LogP contribution in [0, 0.1) is 11.3 Å². The van der Waals surface area contributed by atoms with Crippen LogP contribution in [-0.4, -0.2) is 15.5 Å². The van der Waals surface area contributed by atoms with Crippen LogP contribution in [0.5, 0.6) is 0 Å². The summed E-state index contributed by atoms with van der Waals surface area (Å²) in [6, 6.07) is 9.73. The fourth-order valence-electron chi connectivity index (χ4n) is 1.73. The summed E-state index contributed by atoms with van der Waals surface area (Å²) < 4.78 is 1.24. The molecule has 7 heteroatoms. The zero-order valence-corrected chi connectivity index (χ0v) is 11.0. The Morgan fingerprint density at radius 2 is 2.14 bits per heavy atom. The Balaban J connectivity index is 1.97. The van der Waals surface area contributed by atoms with E-state index in [0.29, 0.717) is 11.3 Å². The number of anilines is 1. The minimum absolute atomic E-state index is 0.0722. The van der Waals surface area contributed by atoms with Gasteiger partial charge in [-0.05, 0) is 18.2 Å². The molecule has 21 heavy (non-hydrogen) atoms. The number of aryl methyl sites for hydroxylation is 1. The first-order valence-electron chi connectivity index (χ1n) is 6.18. The average Bonchev–Trinajstić information content (AvgIpc) is 2.46. The third kappa shape index (κ3) is 3.91. The summed E-state index contributed by atoms with van der Waals surface area (Å²) in [5.74, 6) is -0.289. The van der Waals surface area contributed by atoms with Gasteiger partial charge in [0.2, 0.25) is 5.91 Å². The number of benzene rings is 1. The van der Waals surface area contributed by atoms with Crippen molar-refractivity contribution in [3.8, 4) is 6.07 Å². The number of carbonyl (C=O) groups excluding carboxylic acids is 1. The SMILES string of the molecule is N#Cc1cccc(NC(=O)CCn2ccc(=O)[nH]c2=O)c1. The second-order valence-electron chi connectivity index (χ2n) is 4.29. The van der Waals surface area contributed by atoms with Gasteiger partial charge in [0.1, 0.15) is 0 Å². The molecular weight excluding hydrogens is 272 g/mol. The van der Waals surface area contributed by atoms with Gasteiger partial charge >= 0.3 is 5.69 Å². The van der Waals surface area contributed by atoms with E-state index < -0.39 is 11.2 Å². The second-order valence-corrected chi connectivity index (χ2v) is 4.29. The number of rotatable bonds is 4. The number of nitriles is 1. The number of H-pyrrole nitrogens is 1. The van der Waals surface area contributed by atoms with Crippen molar-refractivity contribution in [3.63, 3.8) is 0 Å². The third-order valence-corrected chi connectivity index (χ3v) is 2.75. The zero-order valence-electron chi connectivity index (χ0n) is 11.0. The van der Waals surface area contributed by atoms with Gasteiger partial charge in [-0.3, -0.25) is 14.6 Å². The highest BCUT2D eigenvalue weighted by molar-refractivity contribution is 5.90. The van der Waals surface area contributed by atoms with Gasteiger partial charge in [0.05, 0.1) is 11.6 Å². The molecule has 1 amide bonds. The molecule has 0 saturated carbocycles. The van der Waals surface area contributed by atoms with Crippen molar-refractivity contribution in [1.82, 2.24) is 9.55 Å². The monoisotopic (exact) mass is 284 g/mol. The summed E-state index contributed by atoms with van der Waals surface area (Å²) in [6.07, 6.45) is 1.41. The Hall–Kier alpha value is -3.14. The van der Waals surface area contributed by atoms with Gasteiger partial charge in [-0.15, -0.1) is 0 Å². The summed E-state index contributed by atoms with van der Waals surface area (Å²) in [4.78, 5) is 36.2. The van der Waals surface area contributed by atoms with Crippen molar-refractivity contribution in [1.29, 1.82) is 5.26 Å². The number of nitrogens with zero attached hydrogens (tertiary/aromatic N) is 2. The van der Waals surface area contributed by atoms with Crippen molar-refractivity contribution in [2.75, 3.05) is 5.32 Å². The fourth-order valence-corrected chi connectivity index (χ4v) is 1.73. The van der Waals surface area contributed by atoms with Crippen LogP contribution in [0.4, 0.5) is 5.69 Å². The summed E-state index contributed by atoms with van der Waals surface area (Å²) in [5.41, 5.74) is -0.0617. The Morgan fingerprint density at radius 3 is 2.86 bits per heavy atom. The molecule has 7 nitrogen and oxygen atoms in total. The minimum atomic E-state index is -0.554. The van der Waals surface area contributed by atoms with Crippen LogP contribution in [-0.2, 0) is 11.3 Å². The lowest BCUT2D eigenvalue weighted by Crippen LogP contribution is -2.29. The van der Waals surface area contributed by atoms with E-state index in [1.54, 1.807) is 24.3 Å². The summed E-state index contributed by atoms with van der Waals surface area (Å²) >= 11 is 0. The smallest absolute Gasteiger partial charge is 0.326 e. The zero-order chi connectivity index (χ0) is 15.2. The molecule has 1 aromatic heterocycles. The van der Waals surface area contributed by atoms with Crippen molar-refractivity contribution in [2.24, 2.45) is 0 Å². The molecule has 1 aromatic carbocycles. The van der Waals surface area contributed by atoms with Crippen LogP contribution < -0.4 is 16.6 Å². The van der Waals surface area contributed by atoms with Crippen molar-refractivity contribution >= 4 is 11.6 Å². The largest absolute Gasteiger partial charge is 0.328 e. The normalized spacial score (nSPS) is 9.86. The molecule has 0 radical (unpaired) electrons. The van der Waals surface area contributed by atoms with Crippen LogP contribution in [0.15, 0.2) is 46.1 Å². The van der Waals surface area contributed by atoms with Crippen LogP contribution in [0.3, 0.4) is 0 Å². The molecule has 0 bridgehead atoms. The lowest BCUT2D eigenvalue weighted by atomic mass is 10.2. The Labute approximate surface area is 119 Å². The molecule has 0 saturated heterocycles. The topological polar surface area (TPSA) is 108 Å². The number of hydrogen-bond donors (Lipinski definition) is 2. The average molecular weight is 284 g/mol. The van der Waals surface area contributed by atoms with Gasteiger partial charge in [-0.2, -0.15) is 5.26 Å². The minimum Gasteiger partial charge on any atom is -0.326 e. The van der Waals surface area contributed by atoms with Gasteiger partial charge in [0, 0.05) is 30.9 Å². The molecule has 1 heterocycles. The third-order valence-electron chi connectivity index (χ3n) is 2.75. The van der Waals surface area contributed by atoms with Crippen LogP contribution in [0.25, 0.3) is 0 Å². The first-order valence-corrected chi connectivity index (χ1v) is 6.18. The maximum Gasteiger partial charge on any atom is 0.328 e. The van der Waals surface area contributed by atoms with Crippen molar-refractivity contribution in [3.05, 3.63) is 62.9 Å². The Bertz CT molecular complexity index is 814. The Kier molecular flexibility index (Phi) is 4.31. The molecular formula is C14H12N4O3. The highest BCUT2D eigenvalue weighted by Crippen LogP contribution is 2.10. The number of amides is 1. The van der Waals surface area contributed by atoms with Crippen LogP contribution >= 0.6 is 0 Å². The number of carbonyl (C=O) groups is 1. The Morgan fingerprint density at radius 1 is 1.33 bits per heavy atom. The lowest BCUT2D eigenvalue weighted by molar-refractivity contribution is -0.116. The standard InChI is InChI=1S/C14H12N4O3/c15-9-10-2-1-3-11(8-10)16-12(19)4-6-18-7-5-13(20)17-14(18)21/h1-3,5,7-8H,4,6H2,(H,16,19)(H,17,20,21). The highest BCUT2D eigenvalue weighted by atomic mass is 16.2. The molecule has 0 atom stereocenters. The summed E-state index contributed by atoms with van der Waals surface area (Å²) in [7, 11) is 0. The van der Waals surface area contributed by atoms with Gasteiger partial charge in [-0.1, -0.05) is 6.07 Å². The van der Waals surface area contributed by atoms with Gasteiger partial charge in [-0.25, -0.2) is 4.79 Å². The van der Waals surface area contributed by atoms with Crippen LogP contribution in [0.2, 0.25) is 0 Å². The predicted molar refractivity (Wildman–Crippen MR) is 75.7 cm³/mol. The molecule has 0 spiro atoms. The number of hydrogen-bond acceptors (Lipinski definition) is 4.